The zero-order valence-corrected chi connectivity index (χ0v) is 13.6. The van der Waals surface area contributed by atoms with Crippen LogP contribution in [0.4, 0.5) is 0 Å². The highest BCUT2D eigenvalue weighted by molar-refractivity contribution is 7.09. The molecule has 0 saturated carbocycles. The second kappa shape index (κ2) is 6.75. The minimum Gasteiger partial charge on any atom is -0.373 e. The predicted octanol–water partition coefficient (Wildman–Crippen LogP) is 1.73. The number of aliphatic imine (C=N–C) groups is 1. The highest BCUT2D eigenvalue weighted by Crippen LogP contribution is 2.34. The lowest BCUT2D eigenvalue weighted by Gasteiger charge is -2.22. The fraction of sp³-hybridized carbons (Fsp3) is 0.733. The second-order valence-corrected chi connectivity index (χ2v) is 6.64. The topological polar surface area (TPSA) is 58.5 Å². The molecule has 1 aromatic rings. The van der Waals surface area contributed by atoms with Gasteiger partial charge in [-0.2, -0.15) is 0 Å². The summed E-state index contributed by atoms with van der Waals surface area (Å²) in [5.41, 5.74) is 1.17. The first-order chi connectivity index (χ1) is 10.3. The first kappa shape index (κ1) is 14.8. The van der Waals surface area contributed by atoms with Crippen molar-refractivity contribution in [2.24, 2.45) is 4.99 Å². The van der Waals surface area contributed by atoms with Crippen LogP contribution < -0.4 is 10.6 Å². The van der Waals surface area contributed by atoms with Gasteiger partial charge in [0.25, 0.3) is 0 Å². The van der Waals surface area contributed by atoms with Gasteiger partial charge in [-0.15, -0.1) is 11.3 Å². The molecular weight excluding hydrogens is 284 g/mol. The van der Waals surface area contributed by atoms with Crippen LogP contribution >= 0.6 is 11.3 Å². The molecule has 0 amide bonds. The molecule has 2 fully saturated rings. The zero-order chi connectivity index (χ0) is 14.7. The summed E-state index contributed by atoms with van der Waals surface area (Å²) in [6, 6.07) is 0.418. The van der Waals surface area contributed by atoms with Gasteiger partial charge >= 0.3 is 0 Å². The molecule has 2 aliphatic heterocycles. The van der Waals surface area contributed by atoms with E-state index in [1.807, 2.05) is 7.05 Å². The van der Waals surface area contributed by atoms with E-state index in [1.54, 1.807) is 11.3 Å². The SMILES string of the molecule is CCc1nc(CCNC(=NC)NC2CC3CCC2O3)cs1. The largest absolute Gasteiger partial charge is 0.373 e. The van der Waals surface area contributed by atoms with E-state index in [1.165, 1.54) is 23.5 Å². The van der Waals surface area contributed by atoms with E-state index < -0.39 is 0 Å². The molecule has 21 heavy (non-hydrogen) atoms. The maximum atomic E-state index is 5.87. The lowest BCUT2D eigenvalue weighted by molar-refractivity contribution is 0.0992. The number of fused-ring (bicyclic) bond motifs is 2. The van der Waals surface area contributed by atoms with E-state index >= 15 is 0 Å². The number of aromatic nitrogens is 1. The van der Waals surface area contributed by atoms with E-state index in [4.69, 9.17) is 4.74 Å². The maximum absolute atomic E-state index is 5.87. The van der Waals surface area contributed by atoms with Crippen molar-refractivity contribution < 1.29 is 4.74 Å². The Bertz CT molecular complexity index is 502. The van der Waals surface area contributed by atoms with Crippen molar-refractivity contribution in [3.05, 3.63) is 16.1 Å². The molecule has 0 radical (unpaired) electrons. The first-order valence-electron chi connectivity index (χ1n) is 7.84. The van der Waals surface area contributed by atoms with Crippen molar-refractivity contribution in [2.45, 2.75) is 57.3 Å². The summed E-state index contributed by atoms with van der Waals surface area (Å²) >= 11 is 1.75. The van der Waals surface area contributed by atoms with E-state index in [-0.39, 0.29) is 0 Å². The van der Waals surface area contributed by atoms with Gasteiger partial charge in [-0.3, -0.25) is 4.99 Å². The molecule has 0 aliphatic carbocycles. The Morgan fingerprint density at radius 1 is 1.52 bits per heavy atom. The molecule has 0 aromatic carbocycles. The van der Waals surface area contributed by atoms with Crippen molar-refractivity contribution in [3.63, 3.8) is 0 Å². The molecule has 2 aliphatic rings. The summed E-state index contributed by atoms with van der Waals surface area (Å²) in [5.74, 6) is 0.877. The molecule has 3 atom stereocenters. The lowest BCUT2D eigenvalue weighted by atomic mass is 9.96. The van der Waals surface area contributed by atoms with Crippen molar-refractivity contribution in [1.82, 2.24) is 15.6 Å². The summed E-state index contributed by atoms with van der Waals surface area (Å²) in [6.07, 6.45) is 6.30. The summed E-state index contributed by atoms with van der Waals surface area (Å²) in [5, 5.41) is 10.2. The number of thiazole rings is 1. The molecular formula is C15H24N4OS. The molecule has 3 rings (SSSR count). The molecule has 6 heteroatoms. The van der Waals surface area contributed by atoms with Crippen LogP contribution in [-0.2, 0) is 17.6 Å². The van der Waals surface area contributed by atoms with Gasteiger partial charge in [0.05, 0.1) is 29.0 Å². The van der Waals surface area contributed by atoms with Crippen LogP contribution in [0.15, 0.2) is 10.4 Å². The number of nitrogens with one attached hydrogen (secondary N) is 2. The Morgan fingerprint density at radius 2 is 2.43 bits per heavy atom. The van der Waals surface area contributed by atoms with Crippen LogP contribution in [0.2, 0.25) is 0 Å². The number of guanidine groups is 1. The van der Waals surface area contributed by atoms with Gasteiger partial charge in [0.1, 0.15) is 0 Å². The van der Waals surface area contributed by atoms with Crippen molar-refractivity contribution >= 4 is 17.3 Å². The Morgan fingerprint density at radius 3 is 3.05 bits per heavy atom. The zero-order valence-electron chi connectivity index (χ0n) is 12.8. The number of aryl methyl sites for hydroxylation is 1. The van der Waals surface area contributed by atoms with E-state index in [2.05, 4.69) is 32.9 Å². The van der Waals surface area contributed by atoms with Crippen molar-refractivity contribution in [1.29, 1.82) is 0 Å². The molecule has 0 spiro atoms. The Hall–Kier alpha value is -1.14. The minimum absolute atomic E-state index is 0.374. The maximum Gasteiger partial charge on any atom is 0.191 e. The Kier molecular flexibility index (Phi) is 4.75. The van der Waals surface area contributed by atoms with Gasteiger partial charge in [0.15, 0.2) is 5.96 Å². The molecule has 3 heterocycles. The average Bonchev–Trinajstić information content (AvgIpc) is 3.22. The molecule has 5 nitrogen and oxygen atoms in total. The summed E-state index contributed by atoms with van der Waals surface area (Å²) in [7, 11) is 1.82. The van der Waals surface area contributed by atoms with Gasteiger partial charge in [-0.1, -0.05) is 6.92 Å². The van der Waals surface area contributed by atoms with Gasteiger partial charge in [-0.25, -0.2) is 4.98 Å². The Labute approximate surface area is 130 Å². The normalized spacial score (nSPS) is 28.1. The Balaban J connectivity index is 1.42. The average molecular weight is 308 g/mol. The minimum atomic E-state index is 0.374. The summed E-state index contributed by atoms with van der Waals surface area (Å²) in [4.78, 5) is 8.89. The third kappa shape index (κ3) is 3.55. The smallest absolute Gasteiger partial charge is 0.191 e. The monoisotopic (exact) mass is 308 g/mol. The first-order valence-corrected chi connectivity index (χ1v) is 8.72. The van der Waals surface area contributed by atoms with Gasteiger partial charge in [0, 0.05) is 25.4 Å². The van der Waals surface area contributed by atoms with Gasteiger partial charge in [0.2, 0.25) is 0 Å². The lowest BCUT2D eigenvalue weighted by Crippen LogP contribution is -2.47. The van der Waals surface area contributed by atoms with Gasteiger partial charge < -0.3 is 15.4 Å². The van der Waals surface area contributed by atoms with Gasteiger partial charge in [-0.05, 0) is 25.7 Å². The van der Waals surface area contributed by atoms with Crippen LogP contribution in [0.3, 0.4) is 0 Å². The van der Waals surface area contributed by atoms with Crippen molar-refractivity contribution in [3.8, 4) is 0 Å². The summed E-state index contributed by atoms with van der Waals surface area (Å²) in [6.45, 7) is 3.00. The van der Waals surface area contributed by atoms with E-state index in [0.29, 0.717) is 18.2 Å². The van der Waals surface area contributed by atoms with E-state index in [9.17, 15) is 0 Å². The number of ether oxygens (including phenoxy) is 1. The fourth-order valence-electron chi connectivity index (χ4n) is 3.10. The van der Waals surface area contributed by atoms with Crippen LogP contribution in [-0.4, -0.2) is 42.8 Å². The molecule has 3 unspecified atom stereocenters. The standard InChI is InChI=1S/C15H24N4OS/c1-3-14-18-10(9-21-14)6-7-17-15(16-2)19-12-8-11-4-5-13(12)20-11/h9,11-13H,3-8H2,1-2H3,(H2,16,17,19). The van der Waals surface area contributed by atoms with Crippen LogP contribution in [0.1, 0.15) is 36.9 Å². The number of nitrogens with zero attached hydrogens (tertiary/aromatic N) is 2. The van der Waals surface area contributed by atoms with Crippen LogP contribution in [0.25, 0.3) is 0 Å². The summed E-state index contributed by atoms with van der Waals surface area (Å²) < 4.78 is 5.87. The fourth-order valence-corrected chi connectivity index (χ4v) is 3.87. The molecule has 2 saturated heterocycles. The quantitative estimate of drug-likeness (QED) is 0.642. The number of hydrogen-bond donors (Lipinski definition) is 2. The number of hydrogen-bond acceptors (Lipinski definition) is 4. The molecule has 2 N–H and O–H groups in total. The highest BCUT2D eigenvalue weighted by Gasteiger charge is 2.41. The third-order valence-electron chi connectivity index (χ3n) is 4.23. The third-order valence-corrected chi connectivity index (χ3v) is 5.27. The van der Waals surface area contributed by atoms with Crippen LogP contribution in [0.5, 0.6) is 0 Å². The number of rotatable bonds is 5. The predicted molar refractivity (Wildman–Crippen MR) is 86.0 cm³/mol. The second-order valence-electron chi connectivity index (χ2n) is 5.70. The molecule has 2 bridgehead atoms. The van der Waals surface area contributed by atoms with Crippen LogP contribution in [0, 0.1) is 0 Å². The highest BCUT2D eigenvalue weighted by atomic mass is 32.1. The van der Waals surface area contributed by atoms with Crippen molar-refractivity contribution in [2.75, 3.05) is 13.6 Å². The van der Waals surface area contributed by atoms with E-state index in [0.717, 1.165) is 31.8 Å². The molecule has 116 valence electrons. The molecule has 1 aromatic heterocycles.